The fraction of sp³-hybridized carbons (Fsp3) is 0.231. The molecule has 3 aromatic rings. The first-order valence-electron chi connectivity index (χ1n) is 5.86. The van der Waals surface area contributed by atoms with E-state index in [1.54, 1.807) is 11.3 Å². The van der Waals surface area contributed by atoms with Gasteiger partial charge in [0.05, 0.1) is 5.69 Å². The number of imidazole rings is 1. The lowest BCUT2D eigenvalue weighted by Gasteiger charge is -1.98. The highest BCUT2D eigenvalue weighted by atomic mass is 32.1. The van der Waals surface area contributed by atoms with E-state index >= 15 is 0 Å². The van der Waals surface area contributed by atoms with Crippen LogP contribution >= 0.6 is 11.3 Å². The Morgan fingerprint density at radius 1 is 1.33 bits per heavy atom. The largest absolute Gasteiger partial charge is 0.307 e. The van der Waals surface area contributed by atoms with Gasteiger partial charge in [-0.1, -0.05) is 6.07 Å². The first kappa shape index (κ1) is 11.4. The average molecular weight is 258 g/mol. The van der Waals surface area contributed by atoms with Crippen LogP contribution in [0.25, 0.3) is 5.65 Å². The molecule has 18 heavy (non-hydrogen) atoms. The number of nitrogens with zero attached hydrogens (tertiary/aromatic N) is 3. The zero-order chi connectivity index (χ0) is 12.4. The van der Waals surface area contributed by atoms with Gasteiger partial charge in [0.15, 0.2) is 0 Å². The third kappa shape index (κ3) is 2.42. The smallest absolute Gasteiger partial charge is 0.137 e. The Morgan fingerprint density at radius 2 is 2.28 bits per heavy atom. The number of hydrogen-bond donors (Lipinski definition) is 1. The normalized spacial score (nSPS) is 11.2. The molecule has 4 nitrogen and oxygen atoms in total. The van der Waals surface area contributed by atoms with E-state index in [1.807, 2.05) is 35.0 Å². The summed E-state index contributed by atoms with van der Waals surface area (Å²) in [6.07, 6.45) is 5.97. The molecule has 0 aromatic carbocycles. The number of thiazole rings is 1. The monoisotopic (exact) mass is 258 g/mol. The Kier molecular flexibility index (Phi) is 3.08. The van der Waals surface area contributed by atoms with Crippen LogP contribution in [0.3, 0.4) is 0 Å². The molecule has 3 rings (SSSR count). The summed E-state index contributed by atoms with van der Waals surface area (Å²) in [5.41, 5.74) is 2.04. The molecule has 0 atom stereocenters. The van der Waals surface area contributed by atoms with E-state index in [4.69, 9.17) is 0 Å². The molecule has 0 unspecified atom stereocenters. The van der Waals surface area contributed by atoms with Crippen molar-refractivity contribution < 1.29 is 0 Å². The van der Waals surface area contributed by atoms with Gasteiger partial charge >= 0.3 is 0 Å². The van der Waals surface area contributed by atoms with Gasteiger partial charge in [0, 0.05) is 36.6 Å². The topological polar surface area (TPSA) is 42.2 Å². The molecule has 0 aliphatic heterocycles. The standard InChI is InChI=1S/C13H14N4S/c1-10-6-15-13(18-10)8-14-7-11-9-17-5-3-2-4-12(17)16-11/h2-6,9,14H,7-8H2,1H3. The van der Waals surface area contributed by atoms with Gasteiger partial charge in [-0.3, -0.25) is 0 Å². The minimum absolute atomic E-state index is 0.764. The molecule has 0 saturated heterocycles. The second-order valence-corrected chi connectivity index (χ2v) is 5.49. The lowest BCUT2D eigenvalue weighted by molar-refractivity contribution is 0.679. The summed E-state index contributed by atoms with van der Waals surface area (Å²) in [6.45, 7) is 3.63. The summed E-state index contributed by atoms with van der Waals surface area (Å²) in [6, 6.07) is 6.01. The molecular formula is C13H14N4S. The molecule has 3 heterocycles. The molecule has 5 heteroatoms. The number of fused-ring (bicyclic) bond motifs is 1. The highest BCUT2D eigenvalue weighted by Crippen LogP contribution is 2.11. The maximum absolute atomic E-state index is 4.53. The minimum Gasteiger partial charge on any atom is -0.307 e. The molecule has 0 aliphatic carbocycles. The quantitative estimate of drug-likeness (QED) is 0.781. The van der Waals surface area contributed by atoms with E-state index in [0.717, 1.165) is 29.4 Å². The molecule has 0 saturated carbocycles. The van der Waals surface area contributed by atoms with Crippen LogP contribution in [0.5, 0.6) is 0 Å². The Balaban J connectivity index is 1.62. The van der Waals surface area contributed by atoms with Gasteiger partial charge < -0.3 is 9.72 Å². The zero-order valence-electron chi connectivity index (χ0n) is 10.1. The molecule has 0 bridgehead atoms. The first-order chi connectivity index (χ1) is 8.81. The van der Waals surface area contributed by atoms with Crippen LogP contribution in [0.15, 0.2) is 36.8 Å². The van der Waals surface area contributed by atoms with Crippen molar-refractivity contribution in [3.63, 3.8) is 0 Å². The number of nitrogens with one attached hydrogen (secondary N) is 1. The van der Waals surface area contributed by atoms with Crippen LogP contribution in [0.1, 0.15) is 15.6 Å². The highest BCUT2D eigenvalue weighted by molar-refractivity contribution is 7.11. The van der Waals surface area contributed by atoms with Gasteiger partial charge in [0.25, 0.3) is 0 Å². The van der Waals surface area contributed by atoms with E-state index < -0.39 is 0 Å². The van der Waals surface area contributed by atoms with E-state index in [1.165, 1.54) is 4.88 Å². The van der Waals surface area contributed by atoms with Crippen molar-refractivity contribution >= 4 is 17.0 Å². The van der Waals surface area contributed by atoms with Crippen molar-refractivity contribution in [3.8, 4) is 0 Å². The Labute approximate surface area is 109 Å². The van der Waals surface area contributed by atoms with Crippen molar-refractivity contribution in [2.24, 2.45) is 0 Å². The van der Waals surface area contributed by atoms with E-state index in [2.05, 4.69) is 28.4 Å². The molecule has 1 N–H and O–H groups in total. The van der Waals surface area contributed by atoms with Crippen LogP contribution in [-0.4, -0.2) is 14.4 Å². The van der Waals surface area contributed by atoms with E-state index in [9.17, 15) is 0 Å². The third-order valence-corrected chi connectivity index (χ3v) is 3.58. The fourth-order valence-electron chi connectivity index (χ4n) is 1.85. The first-order valence-corrected chi connectivity index (χ1v) is 6.67. The molecule has 0 fully saturated rings. The van der Waals surface area contributed by atoms with Gasteiger partial charge in [0.2, 0.25) is 0 Å². The highest BCUT2D eigenvalue weighted by Gasteiger charge is 2.02. The van der Waals surface area contributed by atoms with Gasteiger partial charge in [-0.2, -0.15) is 0 Å². The molecule has 92 valence electrons. The summed E-state index contributed by atoms with van der Waals surface area (Å²) >= 11 is 1.73. The summed E-state index contributed by atoms with van der Waals surface area (Å²) < 4.78 is 2.03. The zero-order valence-corrected chi connectivity index (χ0v) is 10.9. The van der Waals surface area contributed by atoms with Crippen LogP contribution in [-0.2, 0) is 13.1 Å². The average Bonchev–Trinajstić information content (AvgIpc) is 2.95. The van der Waals surface area contributed by atoms with Crippen molar-refractivity contribution in [1.82, 2.24) is 19.7 Å². The lowest BCUT2D eigenvalue weighted by Crippen LogP contribution is -2.12. The Hall–Kier alpha value is -1.72. The fourth-order valence-corrected chi connectivity index (χ4v) is 2.61. The van der Waals surface area contributed by atoms with E-state index in [-0.39, 0.29) is 0 Å². The summed E-state index contributed by atoms with van der Waals surface area (Å²) in [7, 11) is 0. The minimum atomic E-state index is 0.764. The van der Waals surface area contributed by atoms with Crippen LogP contribution in [0, 0.1) is 6.92 Å². The van der Waals surface area contributed by atoms with Gasteiger partial charge in [-0.05, 0) is 19.1 Å². The second kappa shape index (κ2) is 4.88. The second-order valence-electron chi connectivity index (χ2n) is 4.17. The van der Waals surface area contributed by atoms with Crippen molar-refractivity contribution in [2.45, 2.75) is 20.0 Å². The van der Waals surface area contributed by atoms with Crippen LogP contribution in [0.2, 0.25) is 0 Å². The number of aromatic nitrogens is 3. The van der Waals surface area contributed by atoms with Crippen molar-refractivity contribution in [1.29, 1.82) is 0 Å². The maximum Gasteiger partial charge on any atom is 0.137 e. The molecule has 3 aromatic heterocycles. The predicted octanol–water partition coefficient (Wildman–Crippen LogP) is 2.39. The summed E-state index contributed by atoms with van der Waals surface area (Å²) in [4.78, 5) is 10.1. The molecular weight excluding hydrogens is 244 g/mol. The number of pyridine rings is 1. The van der Waals surface area contributed by atoms with Crippen LogP contribution < -0.4 is 5.32 Å². The number of aryl methyl sites for hydroxylation is 1. The van der Waals surface area contributed by atoms with Crippen molar-refractivity contribution in [3.05, 3.63) is 52.4 Å². The predicted molar refractivity (Wildman–Crippen MR) is 72.6 cm³/mol. The number of rotatable bonds is 4. The molecule has 0 spiro atoms. The SMILES string of the molecule is Cc1cnc(CNCc2cn3ccccc3n2)s1. The van der Waals surface area contributed by atoms with Crippen molar-refractivity contribution in [2.75, 3.05) is 0 Å². The van der Waals surface area contributed by atoms with Gasteiger partial charge in [-0.25, -0.2) is 9.97 Å². The van der Waals surface area contributed by atoms with Gasteiger partial charge in [-0.15, -0.1) is 11.3 Å². The maximum atomic E-state index is 4.53. The molecule has 0 aliphatic rings. The Bertz CT molecular complexity index is 623. The summed E-state index contributed by atoms with van der Waals surface area (Å²) in [5, 5.41) is 4.49. The Morgan fingerprint density at radius 3 is 3.06 bits per heavy atom. The number of hydrogen-bond acceptors (Lipinski definition) is 4. The van der Waals surface area contributed by atoms with Gasteiger partial charge in [0.1, 0.15) is 10.7 Å². The van der Waals surface area contributed by atoms with E-state index in [0.29, 0.717) is 0 Å². The van der Waals surface area contributed by atoms with Crippen LogP contribution in [0.4, 0.5) is 0 Å². The third-order valence-electron chi connectivity index (χ3n) is 2.67. The lowest BCUT2D eigenvalue weighted by atomic mass is 10.4. The summed E-state index contributed by atoms with van der Waals surface area (Å²) in [5.74, 6) is 0. The molecule has 0 radical (unpaired) electrons. The molecule has 0 amide bonds.